The number of amides is 1. The molecule has 0 aromatic rings. The summed E-state index contributed by atoms with van der Waals surface area (Å²) in [4.78, 5) is 23.4. The third-order valence-corrected chi connectivity index (χ3v) is 2.69. The molecule has 14 heavy (non-hydrogen) atoms. The highest BCUT2D eigenvalue weighted by Gasteiger charge is 2.29. The van der Waals surface area contributed by atoms with Gasteiger partial charge < -0.3 is 10.0 Å². The van der Waals surface area contributed by atoms with Gasteiger partial charge in [0.25, 0.3) is 0 Å². The fourth-order valence-corrected chi connectivity index (χ4v) is 2.02. The van der Waals surface area contributed by atoms with Crippen molar-refractivity contribution in [1.82, 2.24) is 4.90 Å². The van der Waals surface area contributed by atoms with Gasteiger partial charge >= 0.3 is 11.9 Å². The van der Waals surface area contributed by atoms with Crippen molar-refractivity contribution in [3.05, 3.63) is 0 Å². The Kier molecular flexibility index (Phi) is 3.92. The highest BCUT2D eigenvalue weighted by Crippen LogP contribution is 2.20. The normalized spacial score (nSPS) is 22.1. The summed E-state index contributed by atoms with van der Waals surface area (Å²) >= 11 is 0. The van der Waals surface area contributed by atoms with Gasteiger partial charge in [0, 0.05) is 12.6 Å². The zero-order chi connectivity index (χ0) is 10.6. The van der Waals surface area contributed by atoms with E-state index >= 15 is 0 Å². The molecule has 0 bridgehead atoms. The van der Waals surface area contributed by atoms with Crippen LogP contribution in [0.3, 0.4) is 0 Å². The average molecular weight is 199 g/mol. The van der Waals surface area contributed by atoms with E-state index in [-0.39, 0.29) is 6.04 Å². The van der Waals surface area contributed by atoms with E-state index in [9.17, 15) is 9.59 Å². The van der Waals surface area contributed by atoms with Crippen molar-refractivity contribution in [2.75, 3.05) is 6.54 Å². The number of carbonyl (C=O) groups is 2. The standard InChI is InChI=1S/C10H17NO3/c1-2-5-8-6-3-4-7-11(8)9(12)10(13)14/h8H,2-7H2,1H3,(H,13,14). The Morgan fingerprint density at radius 3 is 2.71 bits per heavy atom. The van der Waals surface area contributed by atoms with Crippen LogP contribution < -0.4 is 0 Å². The van der Waals surface area contributed by atoms with Crippen LogP contribution in [0, 0.1) is 0 Å². The second-order valence-electron chi connectivity index (χ2n) is 3.74. The van der Waals surface area contributed by atoms with Crippen LogP contribution >= 0.6 is 0 Å². The number of carboxylic acid groups (broad SMARTS) is 1. The topological polar surface area (TPSA) is 57.6 Å². The first kappa shape index (κ1) is 11.0. The van der Waals surface area contributed by atoms with Crippen LogP contribution in [-0.4, -0.2) is 34.5 Å². The molecule has 0 radical (unpaired) electrons. The molecule has 1 atom stereocenters. The molecule has 0 spiro atoms. The summed E-state index contributed by atoms with van der Waals surface area (Å²) in [7, 11) is 0. The van der Waals surface area contributed by atoms with Gasteiger partial charge in [-0.2, -0.15) is 0 Å². The van der Waals surface area contributed by atoms with Crippen LogP contribution in [0.1, 0.15) is 39.0 Å². The Morgan fingerprint density at radius 2 is 2.14 bits per heavy atom. The van der Waals surface area contributed by atoms with Crippen molar-refractivity contribution < 1.29 is 14.7 Å². The van der Waals surface area contributed by atoms with Crippen molar-refractivity contribution in [3.8, 4) is 0 Å². The molecule has 4 heteroatoms. The third kappa shape index (κ3) is 2.47. The predicted molar refractivity (Wildman–Crippen MR) is 51.9 cm³/mol. The molecule has 1 saturated heterocycles. The summed E-state index contributed by atoms with van der Waals surface area (Å²) in [6, 6.07) is 0.150. The molecule has 1 amide bonds. The van der Waals surface area contributed by atoms with Crippen molar-refractivity contribution in [2.24, 2.45) is 0 Å². The fourth-order valence-electron chi connectivity index (χ4n) is 2.02. The van der Waals surface area contributed by atoms with E-state index < -0.39 is 11.9 Å². The number of likely N-dealkylation sites (tertiary alicyclic amines) is 1. The van der Waals surface area contributed by atoms with Crippen molar-refractivity contribution in [3.63, 3.8) is 0 Å². The summed E-state index contributed by atoms with van der Waals surface area (Å²) in [5.74, 6) is -2.06. The van der Waals surface area contributed by atoms with Crippen molar-refractivity contribution in [2.45, 2.75) is 45.1 Å². The minimum Gasteiger partial charge on any atom is -0.474 e. The smallest absolute Gasteiger partial charge is 0.394 e. The lowest BCUT2D eigenvalue weighted by atomic mass is 9.98. The first-order valence-corrected chi connectivity index (χ1v) is 5.20. The van der Waals surface area contributed by atoms with Gasteiger partial charge in [-0.05, 0) is 25.7 Å². The minimum absolute atomic E-state index is 0.150. The quantitative estimate of drug-likeness (QED) is 0.681. The molecule has 1 heterocycles. The average Bonchev–Trinajstić information content (AvgIpc) is 2.18. The van der Waals surface area contributed by atoms with Crippen LogP contribution in [0.5, 0.6) is 0 Å². The number of hydrogen-bond donors (Lipinski definition) is 1. The largest absolute Gasteiger partial charge is 0.474 e. The van der Waals surface area contributed by atoms with Gasteiger partial charge in [-0.25, -0.2) is 4.79 Å². The lowest BCUT2D eigenvalue weighted by molar-refractivity contribution is -0.158. The Labute approximate surface area is 83.9 Å². The van der Waals surface area contributed by atoms with Crippen LogP contribution in [0.25, 0.3) is 0 Å². The van der Waals surface area contributed by atoms with Gasteiger partial charge in [0.2, 0.25) is 0 Å². The molecule has 0 saturated carbocycles. The van der Waals surface area contributed by atoms with Crippen molar-refractivity contribution in [1.29, 1.82) is 0 Å². The van der Waals surface area contributed by atoms with E-state index in [2.05, 4.69) is 6.92 Å². The maximum atomic E-state index is 11.3. The number of rotatable bonds is 2. The zero-order valence-electron chi connectivity index (χ0n) is 8.53. The lowest BCUT2D eigenvalue weighted by Crippen LogP contribution is -2.46. The summed E-state index contributed by atoms with van der Waals surface area (Å²) in [5, 5.41) is 8.63. The molecule has 1 rings (SSSR count). The molecule has 1 N–H and O–H groups in total. The number of aliphatic carboxylic acids is 1. The van der Waals surface area contributed by atoms with Gasteiger partial charge in [-0.15, -0.1) is 0 Å². The SMILES string of the molecule is CCCC1CCCCN1C(=O)C(=O)O. The fraction of sp³-hybridized carbons (Fsp3) is 0.800. The Bertz CT molecular complexity index is 225. The molecule has 4 nitrogen and oxygen atoms in total. The summed E-state index contributed by atoms with van der Waals surface area (Å²) in [5.41, 5.74) is 0. The van der Waals surface area contributed by atoms with Gasteiger partial charge in [0.05, 0.1) is 0 Å². The highest BCUT2D eigenvalue weighted by atomic mass is 16.4. The molecule has 1 aliphatic heterocycles. The second kappa shape index (κ2) is 4.98. The zero-order valence-corrected chi connectivity index (χ0v) is 8.53. The molecule has 0 aliphatic carbocycles. The second-order valence-corrected chi connectivity index (χ2v) is 3.74. The predicted octanol–water partition coefficient (Wildman–Crippen LogP) is 1.25. The number of carbonyl (C=O) groups excluding carboxylic acids is 1. The third-order valence-electron chi connectivity index (χ3n) is 2.69. The first-order valence-electron chi connectivity index (χ1n) is 5.20. The van der Waals surface area contributed by atoms with Crippen molar-refractivity contribution >= 4 is 11.9 Å². The summed E-state index contributed by atoms with van der Waals surface area (Å²) in [6.45, 7) is 2.66. The molecular formula is C10H17NO3. The van der Waals surface area contributed by atoms with E-state index in [1.165, 1.54) is 4.90 Å². The molecular weight excluding hydrogens is 182 g/mol. The number of hydrogen-bond acceptors (Lipinski definition) is 2. The number of piperidine rings is 1. The maximum absolute atomic E-state index is 11.3. The number of carboxylic acids is 1. The highest BCUT2D eigenvalue weighted by molar-refractivity contribution is 6.31. The molecule has 1 unspecified atom stereocenters. The Hall–Kier alpha value is -1.06. The molecule has 80 valence electrons. The molecule has 0 aromatic heterocycles. The molecule has 1 aliphatic rings. The van der Waals surface area contributed by atoms with Gasteiger partial charge in [-0.3, -0.25) is 4.79 Å². The summed E-state index contributed by atoms with van der Waals surface area (Å²) in [6.07, 6.45) is 4.90. The van der Waals surface area contributed by atoms with Crippen LogP contribution in [-0.2, 0) is 9.59 Å². The van der Waals surface area contributed by atoms with Gasteiger partial charge in [-0.1, -0.05) is 13.3 Å². The van der Waals surface area contributed by atoms with E-state index in [0.717, 1.165) is 32.1 Å². The van der Waals surface area contributed by atoms with Crippen LogP contribution in [0.4, 0.5) is 0 Å². The monoisotopic (exact) mass is 199 g/mol. The summed E-state index contributed by atoms with van der Waals surface area (Å²) < 4.78 is 0. The minimum atomic E-state index is -1.33. The van der Waals surface area contributed by atoms with Gasteiger partial charge in [0.1, 0.15) is 0 Å². The van der Waals surface area contributed by atoms with E-state index in [0.29, 0.717) is 6.54 Å². The first-order chi connectivity index (χ1) is 6.66. The van der Waals surface area contributed by atoms with Crippen LogP contribution in [0.15, 0.2) is 0 Å². The van der Waals surface area contributed by atoms with E-state index in [1.54, 1.807) is 0 Å². The molecule has 1 fully saturated rings. The Morgan fingerprint density at radius 1 is 1.43 bits per heavy atom. The van der Waals surface area contributed by atoms with E-state index in [1.807, 2.05) is 0 Å². The number of nitrogens with zero attached hydrogens (tertiary/aromatic N) is 1. The maximum Gasteiger partial charge on any atom is 0.394 e. The Balaban J connectivity index is 2.62. The molecule has 0 aromatic carbocycles. The van der Waals surface area contributed by atoms with Crippen LogP contribution in [0.2, 0.25) is 0 Å². The van der Waals surface area contributed by atoms with E-state index in [4.69, 9.17) is 5.11 Å². The lowest BCUT2D eigenvalue weighted by Gasteiger charge is -2.34. The van der Waals surface area contributed by atoms with Gasteiger partial charge in [0.15, 0.2) is 0 Å².